The van der Waals surface area contributed by atoms with E-state index in [0.717, 1.165) is 0 Å². The van der Waals surface area contributed by atoms with Crippen LogP contribution in [0.1, 0.15) is 0 Å². The Morgan fingerprint density at radius 2 is 2.00 bits per heavy atom. The number of nitriles is 1. The van der Waals surface area contributed by atoms with E-state index < -0.39 is 0 Å². The number of nitrogens with zero attached hydrogens (tertiary/aromatic N) is 1. The number of hydrogen-bond acceptors (Lipinski definition) is 2. The van der Waals surface area contributed by atoms with Gasteiger partial charge in [-0.3, -0.25) is 5.32 Å². The molecular formula is C2H2K2N2S2+2. The van der Waals surface area contributed by atoms with Crippen molar-refractivity contribution in [3.05, 3.63) is 0 Å². The zero-order valence-electron chi connectivity index (χ0n) is 4.80. The third-order valence-corrected chi connectivity index (χ3v) is 0.377. The number of rotatable bonds is 0. The van der Waals surface area contributed by atoms with Gasteiger partial charge in [-0.15, -0.1) is 12.6 Å². The summed E-state index contributed by atoms with van der Waals surface area (Å²) in [5, 5.41) is 9.85. The van der Waals surface area contributed by atoms with Gasteiger partial charge in [-0.1, -0.05) is 12.2 Å². The van der Waals surface area contributed by atoms with Crippen LogP contribution in [0, 0.1) is 11.5 Å². The molecular weight excluding hydrogens is 194 g/mol. The van der Waals surface area contributed by atoms with Crippen LogP contribution in [0.2, 0.25) is 0 Å². The first-order valence-corrected chi connectivity index (χ1v) is 2.01. The molecule has 0 rings (SSSR count). The fourth-order valence-corrected chi connectivity index (χ4v) is 0.143. The molecule has 0 aromatic carbocycles. The Hall–Kier alpha value is 3.00. The van der Waals surface area contributed by atoms with Crippen LogP contribution >= 0.6 is 24.8 Å². The van der Waals surface area contributed by atoms with Crippen LogP contribution in [0.25, 0.3) is 0 Å². The number of nitrogens with one attached hydrogen (secondary N) is 1. The first-order valence-electron chi connectivity index (χ1n) is 1.15. The van der Waals surface area contributed by atoms with E-state index in [-0.39, 0.29) is 107 Å². The summed E-state index contributed by atoms with van der Waals surface area (Å²) in [4.78, 5) is 0. The summed E-state index contributed by atoms with van der Waals surface area (Å²) in [6.07, 6.45) is 1.60. The first-order chi connectivity index (χ1) is 2.77. The molecule has 32 valence electrons. The van der Waals surface area contributed by atoms with E-state index in [0.29, 0.717) is 0 Å². The minimum absolute atomic E-state index is 0. The van der Waals surface area contributed by atoms with E-state index in [1.54, 1.807) is 6.19 Å². The molecule has 0 aromatic rings. The largest absolute Gasteiger partial charge is 1.00 e. The molecule has 0 heterocycles. The first kappa shape index (κ1) is 17.2. The Labute approximate surface area is 144 Å². The van der Waals surface area contributed by atoms with Crippen LogP contribution in [-0.2, 0) is 0 Å². The average Bonchev–Trinajstić information content (AvgIpc) is 1.35. The normalized spacial score (nSPS) is 4.50. The van der Waals surface area contributed by atoms with Crippen molar-refractivity contribution in [2.45, 2.75) is 0 Å². The van der Waals surface area contributed by atoms with E-state index in [1.165, 1.54) is 0 Å². The van der Waals surface area contributed by atoms with Crippen molar-refractivity contribution in [3.63, 3.8) is 0 Å². The van der Waals surface area contributed by atoms with Gasteiger partial charge < -0.3 is 0 Å². The topological polar surface area (TPSA) is 35.8 Å². The fraction of sp³-hybridized carbons (Fsp3) is 0. The average molecular weight is 196 g/mol. The Morgan fingerprint density at radius 3 is 2.00 bits per heavy atom. The quantitative estimate of drug-likeness (QED) is 0.133. The number of thiol groups is 1. The van der Waals surface area contributed by atoms with Crippen LogP contribution in [0.4, 0.5) is 0 Å². The molecule has 1 N–H and O–H groups in total. The molecule has 8 heavy (non-hydrogen) atoms. The Morgan fingerprint density at radius 1 is 1.62 bits per heavy atom. The standard InChI is InChI=1S/C2H2N2S2.2K/c3-1-4-2(5)6;;/h(H2,4,5,6);;/q;2*+1. The molecule has 0 fully saturated rings. The van der Waals surface area contributed by atoms with Gasteiger partial charge in [-0.05, 0) is 0 Å². The van der Waals surface area contributed by atoms with Gasteiger partial charge in [0.05, 0.1) is 0 Å². The van der Waals surface area contributed by atoms with Crippen molar-refractivity contribution in [2.24, 2.45) is 0 Å². The molecule has 0 aliphatic heterocycles. The van der Waals surface area contributed by atoms with Gasteiger partial charge in [-0.25, -0.2) is 0 Å². The van der Waals surface area contributed by atoms with Gasteiger partial charge in [0.2, 0.25) is 0 Å². The molecule has 0 radical (unpaired) electrons. The summed E-state index contributed by atoms with van der Waals surface area (Å²) >= 11 is 7.90. The second-order valence-electron chi connectivity index (χ2n) is 0.542. The minimum atomic E-state index is 0. The molecule has 0 unspecified atom stereocenters. The van der Waals surface area contributed by atoms with E-state index in [4.69, 9.17) is 5.26 Å². The summed E-state index contributed by atoms with van der Waals surface area (Å²) < 4.78 is 0.206. The molecule has 0 atom stereocenters. The van der Waals surface area contributed by atoms with Crippen LogP contribution in [0.3, 0.4) is 0 Å². The molecule has 0 aromatic heterocycles. The molecule has 2 nitrogen and oxygen atoms in total. The van der Waals surface area contributed by atoms with Crippen molar-refractivity contribution in [1.29, 1.82) is 5.26 Å². The molecule has 0 amide bonds. The summed E-state index contributed by atoms with van der Waals surface area (Å²) in [7, 11) is 0. The molecule has 0 saturated carbocycles. The van der Waals surface area contributed by atoms with Crippen molar-refractivity contribution >= 4 is 29.2 Å². The zero-order chi connectivity index (χ0) is 4.99. The Bertz CT molecular complexity index is 98.7. The van der Waals surface area contributed by atoms with Crippen LogP contribution < -0.4 is 108 Å². The van der Waals surface area contributed by atoms with Gasteiger partial charge >= 0.3 is 103 Å². The number of thiocarbonyl (C=S) groups is 1. The maximum absolute atomic E-state index is 7.74. The smallest absolute Gasteiger partial charge is 0.278 e. The Balaban J connectivity index is -0.000000125. The second kappa shape index (κ2) is 12.7. The monoisotopic (exact) mass is 196 g/mol. The van der Waals surface area contributed by atoms with Crippen LogP contribution in [0.5, 0.6) is 0 Å². The SMILES string of the molecule is N#CNC(=S)S.[K+].[K+]. The molecule has 6 heteroatoms. The fourth-order valence-electron chi connectivity index (χ4n) is 0.0478. The van der Waals surface area contributed by atoms with E-state index in [1.807, 2.05) is 0 Å². The van der Waals surface area contributed by atoms with Crippen molar-refractivity contribution in [1.82, 2.24) is 5.32 Å². The molecule has 0 spiro atoms. The predicted octanol–water partition coefficient (Wildman–Crippen LogP) is -5.72. The van der Waals surface area contributed by atoms with Crippen molar-refractivity contribution in [3.8, 4) is 6.19 Å². The predicted molar refractivity (Wildman–Crippen MR) is 30.3 cm³/mol. The summed E-state index contributed by atoms with van der Waals surface area (Å²) in [6.45, 7) is 0. The van der Waals surface area contributed by atoms with Gasteiger partial charge in [0, 0.05) is 0 Å². The number of hydrogen-bond donors (Lipinski definition) is 2. The minimum Gasteiger partial charge on any atom is -0.278 e. The second-order valence-corrected chi connectivity index (χ2v) is 1.70. The maximum Gasteiger partial charge on any atom is 1.00 e. The third kappa shape index (κ3) is 16.0. The van der Waals surface area contributed by atoms with Gasteiger partial charge in [0.25, 0.3) is 0 Å². The summed E-state index contributed by atoms with van der Waals surface area (Å²) in [6, 6.07) is 0. The summed E-state index contributed by atoms with van der Waals surface area (Å²) in [5.41, 5.74) is 0. The maximum atomic E-state index is 7.74. The summed E-state index contributed by atoms with van der Waals surface area (Å²) in [5.74, 6) is 0. The van der Waals surface area contributed by atoms with E-state index in [2.05, 4.69) is 30.2 Å². The third-order valence-electron chi connectivity index (χ3n) is 0.163. The van der Waals surface area contributed by atoms with Crippen LogP contribution in [-0.4, -0.2) is 4.32 Å². The van der Waals surface area contributed by atoms with E-state index in [9.17, 15) is 0 Å². The molecule has 0 bridgehead atoms. The molecule has 0 aliphatic carbocycles. The molecule has 0 saturated heterocycles. The van der Waals surface area contributed by atoms with Crippen molar-refractivity contribution in [2.75, 3.05) is 0 Å². The zero-order valence-corrected chi connectivity index (χ0v) is 12.8. The van der Waals surface area contributed by atoms with Gasteiger partial charge in [0.1, 0.15) is 4.32 Å². The van der Waals surface area contributed by atoms with Gasteiger partial charge in [-0.2, -0.15) is 5.26 Å². The Kier molecular flexibility index (Phi) is 27.2. The van der Waals surface area contributed by atoms with Crippen molar-refractivity contribution < 1.29 is 103 Å². The van der Waals surface area contributed by atoms with Crippen LogP contribution in [0.15, 0.2) is 0 Å². The van der Waals surface area contributed by atoms with Gasteiger partial charge in [0.15, 0.2) is 6.19 Å². The molecule has 0 aliphatic rings. The van der Waals surface area contributed by atoms with E-state index >= 15 is 0 Å².